The molecule has 1 aliphatic rings. The molecule has 2 N–H and O–H groups in total. The lowest BCUT2D eigenvalue weighted by atomic mass is 10.1. The van der Waals surface area contributed by atoms with Crippen LogP contribution in [0, 0.1) is 6.92 Å². The summed E-state index contributed by atoms with van der Waals surface area (Å²) in [6.07, 6.45) is 3.90. The van der Waals surface area contributed by atoms with Crippen molar-refractivity contribution in [3.05, 3.63) is 23.5 Å². The van der Waals surface area contributed by atoms with Crippen LogP contribution in [0.15, 0.2) is 12.3 Å². The number of pyridine rings is 1. The van der Waals surface area contributed by atoms with Crippen LogP contribution in [-0.2, 0) is 0 Å². The van der Waals surface area contributed by atoms with Crippen molar-refractivity contribution in [2.75, 3.05) is 13.1 Å². The van der Waals surface area contributed by atoms with Crippen LogP contribution >= 0.6 is 0 Å². The molecule has 1 saturated heterocycles. The number of hydrogen-bond acceptors (Lipinski definition) is 4. The van der Waals surface area contributed by atoms with E-state index in [1.165, 1.54) is 0 Å². The lowest BCUT2D eigenvalue weighted by Gasteiger charge is -2.24. The fourth-order valence-electron chi connectivity index (χ4n) is 2.91. The molecule has 0 aromatic carbocycles. The number of rotatable bonds is 3. The SMILES string of the molecule is Cc1nc2c(cnn2C(C)C)cc1C(=O)N[C@H]1CCCNC1. The first-order chi connectivity index (χ1) is 10.6. The number of fused-ring (bicyclic) bond motifs is 1. The largest absolute Gasteiger partial charge is 0.348 e. The molecule has 0 bridgehead atoms. The molecule has 2 aromatic rings. The minimum atomic E-state index is -0.0436. The average molecular weight is 301 g/mol. The normalized spacial score (nSPS) is 18.8. The summed E-state index contributed by atoms with van der Waals surface area (Å²) in [6, 6.07) is 2.35. The fourth-order valence-corrected chi connectivity index (χ4v) is 2.91. The molecule has 1 fully saturated rings. The first-order valence-electron chi connectivity index (χ1n) is 7.92. The number of carbonyl (C=O) groups is 1. The van der Waals surface area contributed by atoms with Gasteiger partial charge in [0.15, 0.2) is 5.65 Å². The monoisotopic (exact) mass is 301 g/mol. The van der Waals surface area contributed by atoms with E-state index in [2.05, 4.69) is 34.6 Å². The highest BCUT2D eigenvalue weighted by Crippen LogP contribution is 2.19. The highest BCUT2D eigenvalue weighted by Gasteiger charge is 2.19. The number of nitrogens with zero attached hydrogens (tertiary/aromatic N) is 3. The van der Waals surface area contributed by atoms with E-state index < -0.39 is 0 Å². The first kappa shape index (κ1) is 15.0. The second kappa shape index (κ2) is 6.04. The molecule has 3 heterocycles. The molecule has 0 aliphatic carbocycles. The Balaban J connectivity index is 1.87. The Morgan fingerprint density at radius 2 is 2.32 bits per heavy atom. The van der Waals surface area contributed by atoms with Gasteiger partial charge in [0, 0.05) is 24.0 Å². The Hall–Kier alpha value is -1.95. The van der Waals surface area contributed by atoms with Crippen LogP contribution in [0.25, 0.3) is 11.0 Å². The van der Waals surface area contributed by atoms with Crippen molar-refractivity contribution in [1.82, 2.24) is 25.4 Å². The number of carbonyl (C=O) groups excluding carboxylic acids is 1. The molecule has 0 spiro atoms. The fraction of sp³-hybridized carbons (Fsp3) is 0.562. The number of piperidine rings is 1. The van der Waals surface area contributed by atoms with Gasteiger partial charge in [0.1, 0.15) is 0 Å². The van der Waals surface area contributed by atoms with Crippen molar-refractivity contribution >= 4 is 16.9 Å². The molecule has 6 nitrogen and oxygen atoms in total. The maximum atomic E-state index is 12.5. The Bertz CT molecular complexity index is 685. The van der Waals surface area contributed by atoms with Gasteiger partial charge in [0.25, 0.3) is 5.91 Å². The van der Waals surface area contributed by atoms with E-state index in [1.807, 2.05) is 17.7 Å². The van der Waals surface area contributed by atoms with Crippen LogP contribution in [0.4, 0.5) is 0 Å². The zero-order valence-corrected chi connectivity index (χ0v) is 13.4. The minimum absolute atomic E-state index is 0.0436. The van der Waals surface area contributed by atoms with Crippen molar-refractivity contribution in [2.24, 2.45) is 0 Å². The maximum absolute atomic E-state index is 12.5. The van der Waals surface area contributed by atoms with E-state index in [9.17, 15) is 4.79 Å². The highest BCUT2D eigenvalue weighted by molar-refractivity contribution is 5.98. The molecule has 3 rings (SSSR count). The van der Waals surface area contributed by atoms with E-state index in [-0.39, 0.29) is 18.0 Å². The summed E-state index contributed by atoms with van der Waals surface area (Å²) in [6.45, 7) is 7.89. The summed E-state index contributed by atoms with van der Waals surface area (Å²) in [5, 5.41) is 11.7. The third-order valence-electron chi connectivity index (χ3n) is 4.13. The van der Waals surface area contributed by atoms with E-state index in [1.54, 1.807) is 6.20 Å². The van der Waals surface area contributed by atoms with E-state index in [0.717, 1.165) is 42.7 Å². The molecule has 6 heteroatoms. The Morgan fingerprint density at radius 3 is 3.00 bits per heavy atom. The van der Waals surface area contributed by atoms with Crippen LogP contribution < -0.4 is 10.6 Å². The average Bonchev–Trinajstić information content (AvgIpc) is 2.90. The van der Waals surface area contributed by atoms with Crippen LogP contribution in [0.1, 0.15) is 48.8 Å². The van der Waals surface area contributed by atoms with Crippen molar-refractivity contribution in [2.45, 2.75) is 45.7 Å². The lowest BCUT2D eigenvalue weighted by Crippen LogP contribution is -2.45. The number of nitrogens with one attached hydrogen (secondary N) is 2. The molecule has 0 saturated carbocycles. The predicted molar refractivity (Wildman–Crippen MR) is 86.0 cm³/mol. The summed E-state index contributed by atoms with van der Waals surface area (Å²) in [5.41, 5.74) is 2.22. The van der Waals surface area contributed by atoms with Crippen molar-refractivity contribution < 1.29 is 4.79 Å². The van der Waals surface area contributed by atoms with Gasteiger partial charge in [-0.15, -0.1) is 0 Å². The van der Waals surface area contributed by atoms with Gasteiger partial charge in [-0.3, -0.25) is 4.79 Å². The van der Waals surface area contributed by atoms with Gasteiger partial charge in [0.05, 0.1) is 17.5 Å². The number of aromatic nitrogens is 3. The molecule has 1 aliphatic heterocycles. The van der Waals surface area contributed by atoms with E-state index in [0.29, 0.717) is 5.56 Å². The molecule has 2 aromatic heterocycles. The summed E-state index contributed by atoms with van der Waals surface area (Å²) in [7, 11) is 0. The third kappa shape index (κ3) is 2.83. The molecule has 118 valence electrons. The molecular formula is C16H23N5O. The van der Waals surface area contributed by atoms with E-state index >= 15 is 0 Å². The van der Waals surface area contributed by atoms with Crippen molar-refractivity contribution in [3.63, 3.8) is 0 Å². The third-order valence-corrected chi connectivity index (χ3v) is 4.13. The van der Waals surface area contributed by atoms with Crippen LogP contribution in [0.5, 0.6) is 0 Å². The second-order valence-corrected chi connectivity index (χ2v) is 6.23. The number of hydrogen-bond donors (Lipinski definition) is 2. The maximum Gasteiger partial charge on any atom is 0.253 e. The van der Waals surface area contributed by atoms with Crippen molar-refractivity contribution in [3.8, 4) is 0 Å². The molecule has 1 atom stereocenters. The number of amides is 1. The zero-order valence-electron chi connectivity index (χ0n) is 13.4. The van der Waals surface area contributed by atoms with E-state index in [4.69, 9.17) is 0 Å². The topological polar surface area (TPSA) is 71.8 Å². The standard InChI is InChI=1S/C16H23N5O/c1-10(2)21-15-12(8-18-21)7-14(11(3)19-15)16(22)20-13-5-4-6-17-9-13/h7-8,10,13,17H,4-6,9H2,1-3H3,(H,20,22)/t13-/m0/s1. The van der Waals surface area contributed by atoms with Gasteiger partial charge >= 0.3 is 0 Å². The van der Waals surface area contributed by atoms with Gasteiger partial charge in [-0.25, -0.2) is 9.67 Å². The first-order valence-corrected chi connectivity index (χ1v) is 7.92. The van der Waals surface area contributed by atoms with Gasteiger partial charge in [-0.05, 0) is 46.2 Å². The van der Waals surface area contributed by atoms with Gasteiger partial charge < -0.3 is 10.6 Å². The Labute approximate surface area is 130 Å². The van der Waals surface area contributed by atoms with Gasteiger partial charge in [-0.1, -0.05) is 0 Å². The minimum Gasteiger partial charge on any atom is -0.348 e. The molecule has 1 amide bonds. The van der Waals surface area contributed by atoms with Crippen LogP contribution in [0.3, 0.4) is 0 Å². The molecule has 22 heavy (non-hydrogen) atoms. The summed E-state index contributed by atoms with van der Waals surface area (Å²) < 4.78 is 1.88. The summed E-state index contributed by atoms with van der Waals surface area (Å²) >= 11 is 0. The zero-order chi connectivity index (χ0) is 15.7. The van der Waals surface area contributed by atoms with Gasteiger partial charge in [-0.2, -0.15) is 5.10 Å². The predicted octanol–water partition coefficient (Wildman–Crippen LogP) is 1.80. The van der Waals surface area contributed by atoms with Crippen LogP contribution in [-0.4, -0.2) is 39.8 Å². The van der Waals surface area contributed by atoms with Crippen LogP contribution in [0.2, 0.25) is 0 Å². The molecular weight excluding hydrogens is 278 g/mol. The summed E-state index contributed by atoms with van der Waals surface area (Å²) in [5.74, 6) is -0.0436. The van der Waals surface area contributed by atoms with Crippen molar-refractivity contribution in [1.29, 1.82) is 0 Å². The Kier molecular flexibility index (Phi) is 4.11. The van der Waals surface area contributed by atoms with Gasteiger partial charge in [0.2, 0.25) is 0 Å². The molecule has 0 unspecified atom stereocenters. The summed E-state index contributed by atoms with van der Waals surface area (Å²) in [4.78, 5) is 17.1. The lowest BCUT2D eigenvalue weighted by molar-refractivity contribution is 0.0930. The second-order valence-electron chi connectivity index (χ2n) is 6.23. The Morgan fingerprint density at radius 1 is 1.50 bits per heavy atom. The number of aryl methyl sites for hydroxylation is 1. The highest BCUT2D eigenvalue weighted by atomic mass is 16.1. The smallest absolute Gasteiger partial charge is 0.253 e. The quantitative estimate of drug-likeness (QED) is 0.907. The molecule has 0 radical (unpaired) electrons.